The van der Waals surface area contributed by atoms with E-state index in [-0.39, 0.29) is 12.4 Å². The molecule has 0 aliphatic rings. The summed E-state index contributed by atoms with van der Waals surface area (Å²) in [6.07, 6.45) is -0.287. The second kappa shape index (κ2) is 6.01. The predicted octanol–water partition coefficient (Wildman–Crippen LogP) is 0.186. The summed E-state index contributed by atoms with van der Waals surface area (Å²) < 4.78 is 0. The van der Waals surface area contributed by atoms with Gasteiger partial charge < -0.3 is 5.11 Å². The molecule has 1 N–H and O–H groups in total. The molecule has 0 bridgehead atoms. The van der Waals surface area contributed by atoms with Crippen LogP contribution < -0.4 is 6.15 Å². The number of rotatable bonds is 3. The molecular formula is C6H15N2O. The first-order valence-corrected chi connectivity index (χ1v) is 3.14. The zero-order valence-corrected chi connectivity index (χ0v) is 6.33. The second-order valence-corrected chi connectivity index (χ2v) is 1.85. The average molecular weight is 131 g/mol. The van der Waals surface area contributed by atoms with E-state index in [4.69, 9.17) is 5.11 Å². The summed E-state index contributed by atoms with van der Waals surface area (Å²) in [6, 6.07) is 0. The lowest BCUT2D eigenvalue weighted by molar-refractivity contribution is 0.0265. The van der Waals surface area contributed by atoms with Gasteiger partial charge in [-0.05, 0) is 20.0 Å². The van der Waals surface area contributed by atoms with Crippen molar-refractivity contribution >= 4 is 0 Å². The minimum Gasteiger partial charge on any atom is -0.379 e. The lowest BCUT2D eigenvalue weighted by Gasteiger charge is -2.20. The largest absolute Gasteiger partial charge is 0.379 e. The van der Waals surface area contributed by atoms with Crippen LogP contribution in [0, 0.1) is 0 Å². The van der Waals surface area contributed by atoms with Crippen molar-refractivity contribution in [1.29, 1.82) is 0 Å². The quantitative estimate of drug-likeness (QED) is 0.556. The fourth-order valence-electron chi connectivity index (χ4n) is 0.752. The molecule has 0 aromatic heterocycles. The molecule has 0 heterocycles. The van der Waals surface area contributed by atoms with Crippen molar-refractivity contribution in [3.63, 3.8) is 0 Å². The normalized spacial score (nSPS) is 13.0. The lowest BCUT2D eigenvalue weighted by atomic mass is 10.5. The first kappa shape index (κ1) is 11.6. The standard InChI is InChI=1S/C6H15NO.N/c1-4-7(5-2)6(3)8;/h6,8H,4-5H2,1-3H3;. The zero-order valence-electron chi connectivity index (χ0n) is 6.33. The number of hydrogen-bond acceptors (Lipinski definition) is 2. The molecule has 0 saturated heterocycles. The van der Waals surface area contributed by atoms with Crippen LogP contribution in [-0.4, -0.2) is 29.3 Å². The summed E-state index contributed by atoms with van der Waals surface area (Å²) in [5.41, 5.74) is 0. The van der Waals surface area contributed by atoms with Gasteiger partial charge in [0, 0.05) is 6.15 Å². The first-order chi connectivity index (χ1) is 3.72. The van der Waals surface area contributed by atoms with Gasteiger partial charge in [-0.2, -0.15) is 0 Å². The van der Waals surface area contributed by atoms with Gasteiger partial charge in [0.25, 0.3) is 0 Å². The molecule has 0 saturated carbocycles. The van der Waals surface area contributed by atoms with Crippen molar-refractivity contribution < 1.29 is 5.11 Å². The van der Waals surface area contributed by atoms with Crippen molar-refractivity contribution in [1.82, 2.24) is 11.1 Å². The molecule has 9 heavy (non-hydrogen) atoms. The van der Waals surface area contributed by atoms with Crippen LogP contribution in [0.4, 0.5) is 0 Å². The molecule has 0 spiro atoms. The average Bonchev–Trinajstić information content (AvgIpc) is 1.69. The third-order valence-corrected chi connectivity index (χ3v) is 1.34. The van der Waals surface area contributed by atoms with E-state index in [1.807, 2.05) is 18.7 Å². The van der Waals surface area contributed by atoms with Crippen molar-refractivity contribution in [2.24, 2.45) is 0 Å². The molecule has 3 radical (unpaired) electrons. The Morgan fingerprint density at radius 1 is 1.33 bits per heavy atom. The van der Waals surface area contributed by atoms with Gasteiger partial charge in [-0.3, -0.25) is 4.90 Å². The summed E-state index contributed by atoms with van der Waals surface area (Å²) in [7, 11) is 0. The highest BCUT2D eigenvalue weighted by atomic mass is 16.3. The van der Waals surface area contributed by atoms with Gasteiger partial charge in [0.2, 0.25) is 0 Å². The Hall–Kier alpha value is -0.120. The third kappa shape index (κ3) is 4.39. The molecule has 0 rings (SSSR count). The predicted molar refractivity (Wildman–Crippen MR) is 36.7 cm³/mol. The summed E-state index contributed by atoms with van der Waals surface area (Å²) in [5.74, 6) is 0. The van der Waals surface area contributed by atoms with Crippen LogP contribution in [0.5, 0.6) is 0 Å². The van der Waals surface area contributed by atoms with Gasteiger partial charge in [-0.15, -0.1) is 0 Å². The molecule has 0 aromatic rings. The number of hydrogen-bond donors (Lipinski definition) is 1. The van der Waals surface area contributed by atoms with E-state index in [9.17, 15) is 0 Å². The Labute approximate surface area is 57.3 Å². The fraction of sp³-hybridized carbons (Fsp3) is 1.00. The van der Waals surface area contributed by atoms with Crippen LogP contribution in [0.3, 0.4) is 0 Å². The summed E-state index contributed by atoms with van der Waals surface area (Å²) in [5, 5.41) is 8.94. The highest BCUT2D eigenvalue weighted by molar-refractivity contribution is 4.49. The Morgan fingerprint density at radius 2 is 1.67 bits per heavy atom. The van der Waals surface area contributed by atoms with Crippen molar-refractivity contribution in [3.05, 3.63) is 0 Å². The van der Waals surface area contributed by atoms with E-state index < -0.39 is 0 Å². The van der Waals surface area contributed by atoms with Gasteiger partial charge in [0.05, 0.1) is 0 Å². The van der Waals surface area contributed by atoms with E-state index >= 15 is 0 Å². The molecule has 1 unspecified atom stereocenters. The zero-order chi connectivity index (χ0) is 6.57. The summed E-state index contributed by atoms with van der Waals surface area (Å²) >= 11 is 0. The van der Waals surface area contributed by atoms with E-state index in [0.29, 0.717) is 0 Å². The molecule has 0 aliphatic carbocycles. The Bertz CT molecular complexity index is 53.0. The molecule has 0 aromatic carbocycles. The molecule has 55 valence electrons. The maximum absolute atomic E-state index is 8.94. The minimum atomic E-state index is -0.287. The van der Waals surface area contributed by atoms with Gasteiger partial charge in [0.15, 0.2) is 0 Å². The number of nitrogens with zero attached hydrogens (tertiary/aromatic N) is 2. The van der Waals surface area contributed by atoms with Crippen molar-refractivity contribution in [3.8, 4) is 0 Å². The van der Waals surface area contributed by atoms with Gasteiger partial charge in [-0.1, -0.05) is 13.8 Å². The van der Waals surface area contributed by atoms with Crippen LogP contribution in [0.2, 0.25) is 0 Å². The Balaban J connectivity index is 0. The van der Waals surface area contributed by atoms with Crippen molar-refractivity contribution in [2.45, 2.75) is 27.0 Å². The van der Waals surface area contributed by atoms with Gasteiger partial charge in [-0.25, -0.2) is 0 Å². The van der Waals surface area contributed by atoms with Crippen molar-refractivity contribution in [2.75, 3.05) is 13.1 Å². The molecule has 3 heteroatoms. The third-order valence-electron chi connectivity index (χ3n) is 1.34. The summed E-state index contributed by atoms with van der Waals surface area (Å²) in [4.78, 5) is 1.97. The smallest absolute Gasteiger partial charge is 0.104 e. The molecule has 1 atom stereocenters. The van der Waals surface area contributed by atoms with Crippen LogP contribution >= 0.6 is 0 Å². The van der Waals surface area contributed by atoms with E-state index in [1.165, 1.54) is 0 Å². The highest BCUT2D eigenvalue weighted by Crippen LogP contribution is 1.91. The van der Waals surface area contributed by atoms with E-state index in [2.05, 4.69) is 0 Å². The molecular weight excluding hydrogens is 116 g/mol. The van der Waals surface area contributed by atoms with E-state index in [1.54, 1.807) is 6.92 Å². The maximum Gasteiger partial charge on any atom is 0.104 e. The topological polar surface area (TPSA) is 54.0 Å². The van der Waals surface area contributed by atoms with Gasteiger partial charge in [0.1, 0.15) is 6.23 Å². The van der Waals surface area contributed by atoms with Crippen LogP contribution in [0.25, 0.3) is 0 Å². The second-order valence-electron chi connectivity index (χ2n) is 1.85. The first-order valence-electron chi connectivity index (χ1n) is 3.14. The molecule has 0 fully saturated rings. The van der Waals surface area contributed by atoms with Crippen LogP contribution in [-0.2, 0) is 0 Å². The number of aliphatic hydroxyl groups excluding tert-OH is 1. The molecule has 0 amide bonds. The molecule has 0 aliphatic heterocycles. The minimum absolute atomic E-state index is 0. The maximum atomic E-state index is 8.94. The summed E-state index contributed by atoms with van der Waals surface area (Å²) in [6.45, 7) is 7.71. The van der Waals surface area contributed by atoms with Crippen LogP contribution in [0.15, 0.2) is 0 Å². The molecule has 3 nitrogen and oxygen atoms in total. The number of aliphatic hydroxyl groups is 1. The lowest BCUT2D eigenvalue weighted by Crippen LogP contribution is -2.32. The van der Waals surface area contributed by atoms with E-state index in [0.717, 1.165) is 13.1 Å². The SMILES string of the molecule is CCN(CC)C(C)O.[N]. The fourth-order valence-corrected chi connectivity index (χ4v) is 0.752. The van der Waals surface area contributed by atoms with Crippen LogP contribution in [0.1, 0.15) is 20.8 Å². The Kier molecular flexibility index (Phi) is 7.77. The monoisotopic (exact) mass is 131 g/mol. The Morgan fingerprint density at radius 3 is 1.67 bits per heavy atom. The highest BCUT2D eigenvalue weighted by Gasteiger charge is 2.02. The van der Waals surface area contributed by atoms with Gasteiger partial charge >= 0.3 is 0 Å².